The normalized spacial score (nSPS) is 15.2. The molecule has 11 nitrogen and oxygen atoms in total. The van der Waals surface area contributed by atoms with Crippen LogP contribution >= 0.6 is 10.0 Å². The lowest BCUT2D eigenvalue weighted by atomic mass is 10.0. The van der Waals surface area contributed by atoms with E-state index in [1.54, 1.807) is 51.1 Å². The summed E-state index contributed by atoms with van der Waals surface area (Å²) in [6.45, 7) is 7.93. The number of aryl methyl sites for hydroxylation is 1. The molecule has 3 heterocycles. The minimum Gasteiger partial charge on any atom is -0.450 e. The fourth-order valence-electron chi connectivity index (χ4n) is 6.27. The Hall–Kier alpha value is -4.21. The van der Waals surface area contributed by atoms with Crippen molar-refractivity contribution < 1.29 is 41.0 Å². The van der Waals surface area contributed by atoms with Gasteiger partial charge in [0.2, 0.25) is 5.91 Å². The molecule has 0 spiro atoms. The van der Waals surface area contributed by atoms with Gasteiger partial charge in [0.1, 0.15) is 29.8 Å². The number of amides is 2. The number of fused-ring (bicyclic) bond motifs is 1. The molecule has 4 aromatic rings. The second-order valence-corrected chi connectivity index (χ2v) is 22.2. The van der Waals surface area contributed by atoms with Crippen molar-refractivity contribution in [2.75, 3.05) is 44.2 Å². The predicted molar refractivity (Wildman–Crippen MR) is 207 cm³/mol. The fraction of sp³-hybridized carbons (Fsp3) is 0.462. The number of nitrogens with zero attached hydrogens (tertiary/aromatic N) is 3. The van der Waals surface area contributed by atoms with Crippen LogP contribution in [0.1, 0.15) is 44.7 Å². The Labute approximate surface area is 317 Å². The van der Waals surface area contributed by atoms with Gasteiger partial charge in [-0.2, -0.15) is 0 Å². The van der Waals surface area contributed by atoms with Crippen molar-refractivity contribution >= 4 is 42.9 Å². The van der Waals surface area contributed by atoms with Gasteiger partial charge in [-0.15, -0.1) is 0 Å². The molecule has 2 amide bonds. The van der Waals surface area contributed by atoms with E-state index in [-0.39, 0.29) is 55.3 Å². The van der Waals surface area contributed by atoms with Gasteiger partial charge in [-0.25, -0.2) is 37.0 Å². The van der Waals surface area contributed by atoms with Gasteiger partial charge in [-0.1, -0.05) is 18.2 Å². The van der Waals surface area contributed by atoms with Gasteiger partial charge in [-0.05, 0) is 101 Å². The summed E-state index contributed by atoms with van der Waals surface area (Å²) >= 11 is 0. The van der Waals surface area contributed by atoms with Crippen LogP contribution in [0.4, 0.5) is 13.6 Å². The summed E-state index contributed by atoms with van der Waals surface area (Å²) in [7, 11) is -4.33. The highest BCUT2D eigenvalue weighted by Gasteiger charge is 2.36. The largest absolute Gasteiger partial charge is 0.450 e. The third kappa shape index (κ3) is 10.3. The number of hydrogen-bond donors (Lipinski definition) is 1. The van der Waals surface area contributed by atoms with Gasteiger partial charge < -0.3 is 29.0 Å². The number of likely N-dealkylation sites (tertiary alicyclic amines) is 1. The van der Waals surface area contributed by atoms with Crippen molar-refractivity contribution in [3.05, 3.63) is 83.7 Å². The number of pyridine rings is 1. The van der Waals surface area contributed by atoms with Gasteiger partial charge in [0.05, 0.1) is 22.1 Å². The van der Waals surface area contributed by atoms with E-state index in [1.165, 1.54) is 17.2 Å². The summed E-state index contributed by atoms with van der Waals surface area (Å²) in [6.07, 6.45) is 9.22. The van der Waals surface area contributed by atoms with Gasteiger partial charge in [0.25, 0.3) is 0 Å². The molecule has 1 N–H and O–H groups in total. The molecule has 2 aromatic carbocycles. The summed E-state index contributed by atoms with van der Waals surface area (Å²) < 4.78 is 76.8. The van der Waals surface area contributed by atoms with Crippen molar-refractivity contribution in [2.24, 2.45) is 0 Å². The van der Waals surface area contributed by atoms with E-state index in [9.17, 15) is 18.0 Å². The molecule has 1 aliphatic heterocycles. The van der Waals surface area contributed by atoms with Gasteiger partial charge >= 0.3 is 6.09 Å². The Balaban J connectivity index is 1.33. The monoisotopic (exact) mass is 788 g/mol. The van der Waals surface area contributed by atoms with Crippen molar-refractivity contribution in [3.63, 3.8) is 0 Å². The van der Waals surface area contributed by atoms with Crippen LogP contribution in [0.3, 0.4) is 0 Å². The molecule has 0 bridgehead atoms. The molecular formula is C39H50F2N4O7S2. The summed E-state index contributed by atoms with van der Waals surface area (Å²) in [6, 6.07) is 10.5. The number of nitrogens with one attached hydrogen (secondary N) is 1. The lowest BCUT2D eigenvalue weighted by Crippen LogP contribution is -2.53. The molecule has 1 aliphatic rings. The number of ether oxygens (including phenoxy) is 3. The molecule has 0 unspecified atom stereocenters. The number of aromatic nitrogens is 2. The van der Waals surface area contributed by atoms with Crippen LogP contribution in [0.5, 0.6) is 11.5 Å². The Morgan fingerprint density at radius 1 is 1.02 bits per heavy atom. The zero-order chi connectivity index (χ0) is 39.4. The van der Waals surface area contributed by atoms with Crippen molar-refractivity contribution in [1.29, 1.82) is 0 Å². The van der Waals surface area contributed by atoms with Crippen LogP contribution in [0.2, 0.25) is 0 Å². The SMILES string of the molecule is Cc1cn(COCCS(C)(C)C)c2nccc(Oc3c(F)cc(C[C@H](NC(=O)OC(C)(C)C)C(=O)N4CCC(S(=O)(=O)c5ccccc5)CC4)cc3F)c12. The minimum atomic E-state index is -3.61. The standard InChI is InChI=1S/C39H50F2N4O7S2/c1-26-24-45(25-50-19-20-53(5,6)7)36-34(26)33(13-16-42-36)51-35-30(40)21-27(22-31(35)41)23-32(43-38(47)52-39(2,3)4)37(46)44-17-14-29(15-18-44)54(48,49)28-11-9-8-10-12-28/h8-13,16,21-22,24,29,32H,14-15,17-20,23,25H2,1-7H3,(H,43,47)/t32-/m0/s1. The molecule has 5 rings (SSSR count). The second-order valence-electron chi connectivity index (χ2n) is 15.4. The van der Waals surface area contributed by atoms with Crippen molar-refractivity contribution in [2.45, 2.75) is 75.5 Å². The first-order valence-corrected chi connectivity index (χ1v) is 22.3. The lowest BCUT2D eigenvalue weighted by molar-refractivity contribution is -0.134. The number of halogens is 2. The number of benzene rings is 2. The average Bonchev–Trinajstić information content (AvgIpc) is 3.42. The van der Waals surface area contributed by atoms with E-state index in [0.29, 0.717) is 17.6 Å². The van der Waals surface area contributed by atoms with Crippen LogP contribution in [0.15, 0.2) is 65.8 Å². The third-order valence-electron chi connectivity index (χ3n) is 8.94. The molecule has 54 heavy (non-hydrogen) atoms. The molecule has 294 valence electrons. The van der Waals surface area contributed by atoms with E-state index in [0.717, 1.165) is 23.4 Å². The quantitative estimate of drug-likeness (QED) is 0.144. The lowest BCUT2D eigenvalue weighted by Gasteiger charge is -2.34. The van der Waals surface area contributed by atoms with Crippen molar-refractivity contribution in [1.82, 2.24) is 19.8 Å². The zero-order valence-corrected chi connectivity index (χ0v) is 33.5. The summed E-state index contributed by atoms with van der Waals surface area (Å²) in [4.78, 5) is 32.9. The molecule has 15 heteroatoms. The first-order valence-electron chi connectivity index (χ1n) is 17.7. The molecule has 0 radical (unpaired) electrons. The first kappa shape index (κ1) is 41.0. The number of hydrogen-bond acceptors (Lipinski definition) is 8. The van der Waals surface area contributed by atoms with E-state index in [4.69, 9.17) is 14.2 Å². The van der Waals surface area contributed by atoms with Gasteiger partial charge in [0, 0.05) is 37.7 Å². The molecule has 1 atom stereocenters. The second kappa shape index (κ2) is 16.7. The van der Waals surface area contributed by atoms with Gasteiger partial charge in [-0.3, -0.25) is 4.79 Å². The highest BCUT2D eigenvalue weighted by atomic mass is 32.3. The predicted octanol–water partition coefficient (Wildman–Crippen LogP) is 6.98. The molecule has 1 fully saturated rings. The molecule has 0 saturated carbocycles. The summed E-state index contributed by atoms with van der Waals surface area (Å²) in [5.74, 6) is -2.01. The maximum Gasteiger partial charge on any atom is 0.408 e. The Kier molecular flexibility index (Phi) is 12.6. The maximum atomic E-state index is 15.7. The maximum absolute atomic E-state index is 15.7. The summed E-state index contributed by atoms with van der Waals surface area (Å²) in [5.41, 5.74) is 0.537. The number of piperidine rings is 1. The topological polar surface area (TPSA) is 129 Å². The smallest absolute Gasteiger partial charge is 0.408 e. The fourth-order valence-corrected chi connectivity index (χ4v) is 8.64. The van der Waals surface area contributed by atoms with Gasteiger partial charge in [0.15, 0.2) is 27.2 Å². The van der Waals surface area contributed by atoms with E-state index in [2.05, 4.69) is 29.1 Å². The van der Waals surface area contributed by atoms with E-state index in [1.807, 2.05) is 17.7 Å². The highest BCUT2D eigenvalue weighted by Crippen LogP contribution is 2.36. The first-order chi connectivity index (χ1) is 25.3. The Morgan fingerprint density at radius 2 is 1.67 bits per heavy atom. The molecule has 1 saturated heterocycles. The van der Waals surface area contributed by atoms with Crippen molar-refractivity contribution in [3.8, 4) is 11.5 Å². The molecule has 2 aromatic heterocycles. The number of sulfone groups is 1. The van der Waals surface area contributed by atoms with Crippen LogP contribution in [-0.4, -0.2) is 96.0 Å². The Morgan fingerprint density at radius 3 is 2.28 bits per heavy atom. The highest BCUT2D eigenvalue weighted by molar-refractivity contribution is 8.32. The van der Waals surface area contributed by atoms with E-state index < -0.39 is 66.1 Å². The Bertz CT molecular complexity index is 2050. The number of carbonyl (C=O) groups excluding carboxylic acids is 2. The molecular weight excluding hydrogens is 739 g/mol. The third-order valence-corrected chi connectivity index (χ3v) is 12.6. The molecule has 0 aliphatic carbocycles. The number of rotatable bonds is 13. The minimum absolute atomic E-state index is 0.0877. The average molecular weight is 789 g/mol. The number of alkyl carbamates (subject to hydrolysis) is 1. The van der Waals surface area contributed by atoms with Crippen LogP contribution in [-0.2, 0) is 37.3 Å². The van der Waals surface area contributed by atoms with Crippen LogP contribution in [0, 0.1) is 18.6 Å². The zero-order valence-electron chi connectivity index (χ0n) is 31.9. The summed E-state index contributed by atoms with van der Waals surface area (Å²) in [5, 5.41) is 2.46. The number of carbonyl (C=O) groups is 2. The van der Waals surface area contributed by atoms with Crippen LogP contribution in [0.25, 0.3) is 11.0 Å². The van der Waals surface area contributed by atoms with Crippen LogP contribution < -0.4 is 10.1 Å². The van der Waals surface area contributed by atoms with E-state index >= 15 is 8.78 Å².